The van der Waals surface area contributed by atoms with Crippen LogP contribution in [0.5, 0.6) is 0 Å². The normalized spacial score (nSPS) is 25.8. The van der Waals surface area contributed by atoms with E-state index in [1.54, 1.807) is 0 Å². The highest BCUT2D eigenvalue weighted by molar-refractivity contribution is 5.14. The van der Waals surface area contributed by atoms with Crippen molar-refractivity contribution < 1.29 is 14.2 Å². The number of hydrogen-bond donors (Lipinski definition) is 0. The third-order valence-corrected chi connectivity index (χ3v) is 4.51. The van der Waals surface area contributed by atoms with Gasteiger partial charge in [0.15, 0.2) is 0 Å². The first-order chi connectivity index (χ1) is 12.3. The maximum absolute atomic E-state index is 6.23. The van der Waals surface area contributed by atoms with Gasteiger partial charge < -0.3 is 14.2 Å². The van der Waals surface area contributed by atoms with E-state index in [9.17, 15) is 0 Å². The van der Waals surface area contributed by atoms with Crippen LogP contribution in [0.15, 0.2) is 73.3 Å². The smallest absolute Gasteiger partial charge is 0.113 e. The van der Waals surface area contributed by atoms with Gasteiger partial charge in [0.1, 0.15) is 12.2 Å². The summed E-state index contributed by atoms with van der Waals surface area (Å²) in [7, 11) is 0. The summed E-state index contributed by atoms with van der Waals surface area (Å²) in [5.41, 5.74) is 2.31. The lowest BCUT2D eigenvalue weighted by atomic mass is 10.1. The van der Waals surface area contributed by atoms with Crippen LogP contribution in [0.2, 0.25) is 0 Å². The highest BCUT2D eigenvalue weighted by Gasteiger charge is 2.43. The Morgan fingerprint density at radius 2 is 1.40 bits per heavy atom. The summed E-state index contributed by atoms with van der Waals surface area (Å²) >= 11 is 0. The summed E-state index contributed by atoms with van der Waals surface area (Å²) < 4.78 is 18.5. The Labute approximate surface area is 150 Å². The van der Waals surface area contributed by atoms with Crippen molar-refractivity contribution in [3.8, 4) is 0 Å². The molecule has 1 aliphatic rings. The molecule has 0 bridgehead atoms. The molecule has 132 valence electrons. The second-order valence-corrected chi connectivity index (χ2v) is 6.43. The average Bonchev–Trinajstić information content (AvgIpc) is 2.95. The van der Waals surface area contributed by atoms with E-state index in [1.807, 2.05) is 42.5 Å². The second-order valence-electron chi connectivity index (χ2n) is 6.43. The molecule has 0 amide bonds. The zero-order valence-electron chi connectivity index (χ0n) is 14.7. The minimum absolute atomic E-state index is 0.00515. The molecule has 2 aromatic carbocycles. The number of rotatable bonds is 8. The van der Waals surface area contributed by atoms with Gasteiger partial charge in [0.05, 0.1) is 25.4 Å². The van der Waals surface area contributed by atoms with Crippen LogP contribution in [0.1, 0.15) is 24.5 Å². The van der Waals surface area contributed by atoms with Crippen molar-refractivity contribution in [2.75, 3.05) is 0 Å². The fourth-order valence-electron chi connectivity index (χ4n) is 3.23. The highest BCUT2D eigenvalue weighted by Crippen LogP contribution is 2.30. The van der Waals surface area contributed by atoms with Gasteiger partial charge in [-0.2, -0.15) is 0 Å². The van der Waals surface area contributed by atoms with Crippen LogP contribution in [0, 0.1) is 0 Å². The fraction of sp³-hybridized carbons (Fsp3) is 0.364. The van der Waals surface area contributed by atoms with E-state index in [-0.39, 0.29) is 24.4 Å². The van der Waals surface area contributed by atoms with Gasteiger partial charge >= 0.3 is 0 Å². The third kappa shape index (κ3) is 4.79. The summed E-state index contributed by atoms with van der Waals surface area (Å²) in [6.07, 6.45) is 2.43. The lowest BCUT2D eigenvalue weighted by Crippen LogP contribution is -2.36. The minimum Gasteiger partial charge on any atom is -0.369 e. The maximum atomic E-state index is 6.23. The molecule has 4 atom stereocenters. The van der Waals surface area contributed by atoms with E-state index in [1.165, 1.54) is 0 Å². The molecule has 0 aromatic heterocycles. The molecule has 1 saturated heterocycles. The Morgan fingerprint density at radius 1 is 0.880 bits per heavy atom. The van der Waals surface area contributed by atoms with Crippen LogP contribution >= 0.6 is 0 Å². The number of benzene rings is 2. The van der Waals surface area contributed by atoms with Crippen LogP contribution in [0.25, 0.3) is 0 Å². The fourth-order valence-corrected chi connectivity index (χ4v) is 3.23. The van der Waals surface area contributed by atoms with Gasteiger partial charge in [-0.25, -0.2) is 0 Å². The van der Waals surface area contributed by atoms with Crippen LogP contribution in [0.3, 0.4) is 0 Å². The summed E-state index contributed by atoms with van der Waals surface area (Å²) in [6.45, 7) is 7.01. The van der Waals surface area contributed by atoms with Gasteiger partial charge in [-0.3, -0.25) is 0 Å². The molecule has 0 unspecified atom stereocenters. The first-order valence-electron chi connectivity index (χ1n) is 8.85. The number of hydrogen-bond acceptors (Lipinski definition) is 3. The second kappa shape index (κ2) is 8.95. The van der Waals surface area contributed by atoms with Gasteiger partial charge in [0.2, 0.25) is 0 Å². The highest BCUT2D eigenvalue weighted by atomic mass is 16.6. The van der Waals surface area contributed by atoms with Crippen molar-refractivity contribution in [2.45, 2.75) is 51.0 Å². The van der Waals surface area contributed by atoms with Crippen molar-refractivity contribution in [2.24, 2.45) is 0 Å². The average molecular weight is 338 g/mol. The van der Waals surface area contributed by atoms with Crippen molar-refractivity contribution in [3.63, 3.8) is 0 Å². The Balaban J connectivity index is 1.65. The predicted octanol–water partition coefficient (Wildman–Crippen LogP) is 4.52. The lowest BCUT2D eigenvalue weighted by molar-refractivity contribution is -0.0771. The van der Waals surface area contributed by atoms with Gasteiger partial charge in [-0.15, -0.1) is 6.58 Å². The Hall–Kier alpha value is -1.94. The van der Waals surface area contributed by atoms with Gasteiger partial charge in [0, 0.05) is 0 Å². The predicted molar refractivity (Wildman–Crippen MR) is 99.2 cm³/mol. The molecule has 0 N–H and O–H groups in total. The monoisotopic (exact) mass is 338 g/mol. The van der Waals surface area contributed by atoms with Gasteiger partial charge in [-0.1, -0.05) is 66.7 Å². The largest absolute Gasteiger partial charge is 0.369 e. The third-order valence-electron chi connectivity index (χ3n) is 4.51. The van der Waals surface area contributed by atoms with Crippen molar-refractivity contribution in [1.82, 2.24) is 0 Å². The van der Waals surface area contributed by atoms with Crippen molar-refractivity contribution >= 4 is 0 Å². The van der Waals surface area contributed by atoms with Gasteiger partial charge in [-0.05, 0) is 24.5 Å². The molecule has 0 aliphatic carbocycles. The van der Waals surface area contributed by atoms with Crippen LogP contribution in [0.4, 0.5) is 0 Å². The summed E-state index contributed by atoms with van der Waals surface area (Å²) in [4.78, 5) is 0. The molecule has 3 heteroatoms. The summed E-state index contributed by atoms with van der Waals surface area (Å²) in [6, 6.07) is 20.4. The molecule has 3 rings (SSSR count). The van der Waals surface area contributed by atoms with Gasteiger partial charge in [0.25, 0.3) is 0 Å². The molecule has 0 spiro atoms. The quantitative estimate of drug-likeness (QED) is 0.662. The molecular formula is C22H26O3. The molecule has 0 radical (unpaired) electrons. The molecule has 25 heavy (non-hydrogen) atoms. The summed E-state index contributed by atoms with van der Waals surface area (Å²) in [5, 5.41) is 0. The number of ether oxygens (including phenoxy) is 3. The SMILES string of the molecule is C=CC[C@H]1O[C@H](C)[C@@H](OCc2ccccc2)[C@H]1OCc1ccccc1. The molecule has 1 aliphatic heterocycles. The molecule has 3 nitrogen and oxygen atoms in total. The van der Waals surface area contributed by atoms with Crippen molar-refractivity contribution in [3.05, 3.63) is 84.4 Å². The van der Waals surface area contributed by atoms with E-state index >= 15 is 0 Å². The zero-order valence-corrected chi connectivity index (χ0v) is 14.7. The topological polar surface area (TPSA) is 27.7 Å². The van der Waals surface area contributed by atoms with E-state index in [2.05, 4.69) is 37.8 Å². The van der Waals surface area contributed by atoms with Crippen LogP contribution < -0.4 is 0 Å². The Morgan fingerprint density at radius 3 is 1.92 bits per heavy atom. The molecule has 1 heterocycles. The molecular weight excluding hydrogens is 312 g/mol. The molecule has 2 aromatic rings. The van der Waals surface area contributed by atoms with Crippen LogP contribution in [-0.4, -0.2) is 24.4 Å². The minimum atomic E-state index is -0.100. The molecule has 1 fully saturated rings. The maximum Gasteiger partial charge on any atom is 0.113 e. The Kier molecular flexibility index (Phi) is 6.40. The van der Waals surface area contributed by atoms with Crippen molar-refractivity contribution in [1.29, 1.82) is 0 Å². The first-order valence-corrected chi connectivity index (χ1v) is 8.85. The Bertz CT molecular complexity index is 641. The standard InChI is InChI=1S/C22H26O3/c1-3-10-20-22(24-16-19-13-8-5-9-14-19)21(17(2)25-20)23-15-18-11-6-4-7-12-18/h3-9,11-14,17,20-22H,1,10,15-16H2,2H3/t17-,20-,21-,22+/m1/s1. The van der Waals surface area contributed by atoms with E-state index in [0.717, 1.165) is 17.5 Å². The van der Waals surface area contributed by atoms with E-state index < -0.39 is 0 Å². The molecule has 0 saturated carbocycles. The first kappa shape index (κ1) is 17.9. The van der Waals surface area contributed by atoms with Crippen LogP contribution in [-0.2, 0) is 27.4 Å². The summed E-state index contributed by atoms with van der Waals surface area (Å²) in [5.74, 6) is 0. The lowest BCUT2D eigenvalue weighted by Gasteiger charge is -2.24. The zero-order chi connectivity index (χ0) is 17.5. The van der Waals surface area contributed by atoms with E-state index in [0.29, 0.717) is 13.2 Å². The van der Waals surface area contributed by atoms with E-state index in [4.69, 9.17) is 14.2 Å².